The molecule has 0 unspecified atom stereocenters. The number of nitrogen functional groups attached to an aromatic ring is 1. The summed E-state index contributed by atoms with van der Waals surface area (Å²) in [4.78, 5) is 0. The minimum absolute atomic E-state index is 0.215. The van der Waals surface area contributed by atoms with Crippen LogP contribution in [0.1, 0.15) is 16.7 Å². The minimum atomic E-state index is 0.215. The van der Waals surface area contributed by atoms with Crippen LogP contribution in [0.15, 0.2) is 36.4 Å². The van der Waals surface area contributed by atoms with Gasteiger partial charge in [0.15, 0.2) is 0 Å². The van der Waals surface area contributed by atoms with E-state index < -0.39 is 0 Å². The van der Waals surface area contributed by atoms with Crippen LogP contribution in [-0.2, 0) is 12.8 Å². The van der Waals surface area contributed by atoms with Crippen LogP contribution in [0, 0.1) is 6.92 Å². The molecule has 0 heterocycles. The van der Waals surface area contributed by atoms with Gasteiger partial charge in [-0.2, -0.15) is 0 Å². The predicted octanol–water partition coefficient (Wildman–Crippen LogP) is 3.72. The molecule has 2 aromatic rings. The van der Waals surface area contributed by atoms with Gasteiger partial charge in [0, 0.05) is 16.8 Å². The van der Waals surface area contributed by atoms with Gasteiger partial charge in [0.25, 0.3) is 0 Å². The molecule has 0 saturated heterocycles. The fraction of sp³-hybridized carbons (Fsp3) is 0.200. The van der Waals surface area contributed by atoms with Crippen molar-refractivity contribution >= 4 is 17.3 Å². The van der Waals surface area contributed by atoms with E-state index in [1.807, 2.05) is 31.2 Å². The standard InChI is InChI=1S/C15H16ClNO/c1-10-12(8-13(18)9-15(10)17)7-6-11-4-2-3-5-14(11)16/h2-5,8-9,18H,6-7,17H2,1H3. The zero-order valence-corrected chi connectivity index (χ0v) is 11.0. The van der Waals surface area contributed by atoms with Crippen LogP contribution in [0.25, 0.3) is 0 Å². The molecule has 0 radical (unpaired) electrons. The first-order valence-corrected chi connectivity index (χ1v) is 6.27. The van der Waals surface area contributed by atoms with Crippen molar-refractivity contribution in [1.82, 2.24) is 0 Å². The largest absolute Gasteiger partial charge is 0.508 e. The fourth-order valence-corrected chi connectivity index (χ4v) is 2.24. The van der Waals surface area contributed by atoms with Crippen molar-refractivity contribution in [2.75, 3.05) is 5.73 Å². The minimum Gasteiger partial charge on any atom is -0.508 e. The number of nitrogens with two attached hydrogens (primary N) is 1. The number of aromatic hydroxyl groups is 1. The summed E-state index contributed by atoms with van der Waals surface area (Å²) in [7, 11) is 0. The number of rotatable bonds is 3. The monoisotopic (exact) mass is 261 g/mol. The number of hydrogen-bond acceptors (Lipinski definition) is 2. The Labute approximate surface area is 112 Å². The van der Waals surface area contributed by atoms with E-state index in [1.54, 1.807) is 12.1 Å². The van der Waals surface area contributed by atoms with Gasteiger partial charge in [-0.3, -0.25) is 0 Å². The summed E-state index contributed by atoms with van der Waals surface area (Å²) in [6.07, 6.45) is 1.65. The Morgan fingerprint density at radius 3 is 2.50 bits per heavy atom. The quantitative estimate of drug-likeness (QED) is 0.827. The predicted molar refractivity (Wildman–Crippen MR) is 76.1 cm³/mol. The second kappa shape index (κ2) is 5.32. The highest BCUT2D eigenvalue weighted by molar-refractivity contribution is 6.31. The number of anilines is 1. The molecular weight excluding hydrogens is 246 g/mol. The molecule has 0 aliphatic rings. The number of phenolic OH excluding ortho intramolecular Hbond substituents is 1. The van der Waals surface area contributed by atoms with E-state index in [1.165, 1.54) is 0 Å². The second-order valence-corrected chi connectivity index (χ2v) is 4.82. The summed E-state index contributed by atoms with van der Waals surface area (Å²) in [5, 5.41) is 10.3. The summed E-state index contributed by atoms with van der Waals surface area (Å²) in [5.41, 5.74) is 9.66. The average Bonchev–Trinajstić information content (AvgIpc) is 2.33. The van der Waals surface area contributed by atoms with Crippen LogP contribution >= 0.6 is 11.6 Å². The van der Waals surface area contributed by atoms with Crippen LogP contribution in [0.5, 0.6) is 5.75 Å². The van der Waals surface area contributed by atoms with Gasteiger partial charge in [0.05, 0.1) is 0 Å². The van der Waals surface area contributed by atoms with E-state index in [0.29, 0.717) is 5.69 Å². The Bertz CT molecular complexity index is 566. The number of hydrogen-bond donors (Lipinski definition) is 2. The third-order valence-corrected chi connectivity index (χ3v) is 3.53. The van der Waals surface area contributed by atoms with Gasteiger partial charge in [-0.25, -0.2) is 0 Å². The van der Waals surface area contributed by atoms with Crippen molar-refractivity contribution in [1.29, 1.82) is 0 Å². The fourth-order valence-electron chi connectivity index (χ4n) is 2.01. The van der Waals surface area contributed by atoms with Crippen LogP contribution in [0.2, 0.25) is 5.02 Å². The first kappa shape index (κ1) is 12.8. The van der Waals surface area contributed by atoms with Gasteiger partial charge in [-0.15, -0.1) is 0 Å². The molecule has 3 heteroatoms. The van der Waals surface area contributed by atoms with E-state index >= 15 is 0 Å². The lowest BCUT2D eigenvalue weighted by Gasteiger charge is -2.10. The van der Waals surface area contributed by atoms with Gasteiger partial charge in [-0.1, -0.05) is 29.8 Å². The van der Waals surface area contributed by atoms with Crippen molar-refractivity contribution in [2.24, 2.45) is 0 Å². The van der Waals surface area contributed by atoms with Gasteiger partial charge in [0.2, 0.25) is 0 Å². The molecule has 18 heavy (non-hydrogen) atoms. The van der Waals surface area contributed by atoms with Crippen molar-refractivity contribution < 1.29 is 5.11 Å². The Morgan fingerprint density at radius 1 is 1.11 bits per heavy atom. The highest BCUT2D eigenvalue weighted by Gasteiger charge is 2.06. The van der Waals surface area contributed by atoms with Crippen molar-refractivity contribution in [3.63, 3.8) is 0 Å². The highest BCUT2D eigenvalue weighted by Crippen LogP contribution is 2.25. The van der Waals surface area contributed by atoms with Crippen molar-refractivity contribution in [2.45, 2.75) is 19.8 Å². The SMILES string of the molecule is Cc1c(N)cc(O)cc1CCc1ccccc1Cl. The molecule has 2 nitrogen and oxygen atoms in total. The molecule has 3 N–H and O–H groups in total. The van der Waals surface area contributed by atoms with Crippen LogP contribution in [-0.4, -0.2) is 5.11 Å². The zero-order chi connectivity index (χ0) is 13.1. The molecule has 0 fully saturated rings. The van der Waals surface area contributed by atoms with Gasteiger partial charge in [-0.05, 0) is 48.6 Å². The molecule has 0 aliphatic heterocycles. The number of aryl methyl sites for hydroxylation is 2. The van der Waals surface area contributed by atoms with Crippen LogP contribution in [0.3, 0.4) is 0 Å². The lowest BCUT2D eigenvalue weighted by Crippen LogP contribution is -1.98. The maximum absolute atomic E-state index is 9.56. The van der Waals surface area contributed by atoms with Gasteiger partial charge in [0.1, 0.15) is 5.75 Å². The molecule has 0 amide bonds. The Balaban J connectivity index is 2.18. The smallest absolute Gasteiger partial charge is 0.117 e. The first-order valence-electron chi connectivity index (χ1n) is 5.89. The molecule has 2 rings (SSSR count). The summed E-state index contributed by atoms with van der Waals surface area (Å²) in [6.45, 7) is 1.97. The van der Waals surface area contributed by atoms with E-state index in [-0.39, 0.29) is 5.75 Å². The zero-order valence-electron chi connectivity index (χ0n) is 10.3. The normalized spacial score (nSPS) is 10.6. The number of benzene rings is 2. The lowest BCUT2D eigenvalue weighted by molar-refractivity contribution is 0.474. The first-order chi connectivity index (χ1) is 8.58. The summed E-state index contributed by atoms with van der Waals surface area (Å²) in [5.74, 6) is 0.215. The second-order valence-electron chi connectivity index (χ2n) is 4.41. The Morgan fingerprint density at radius 2 is 1.78 bits per heavy atom. The summed E-state index contributed by atoms with van der Waals surface area (Å²) in [6, 6.07) is 11.1. The number of halogens is 1. The molecule has 0 bridgehead atoms. The van der Waals surface area contributed by atoms with E-state index in [4.69, 9.17) is 17.3 Å². The van der Waals surface area contributed by atoms with E-state index in [0.717, 1.165) is 34.6 Å². The van der Waals surface area contributed by atoms with Gasteiger partial charge < -0.3 is 10.8 Å². The maximum Gasteiger partial charge on any atom is 0.117 e. The molecule has 94 valence electrons. The maximum atomic E-state index is 9.56. The summed E-state index contributed by atoms with van der Waals surface area (Å²) < 4.78 is 0. The molecule has 0 aromatic heterocycles. The molecule has 0 saturated carbocycles. The Kier molecular flexibility index (Phi) is 3.78. The van der Waals surface area contributed by atoms with Crippen molar-refractivity contribution in [3.8, 4) is 5.75 Å². The molecule has 0 spiro atoms. The lowest BCUT2D eigenvalue weighted by atomic mass is 9.99. The van der Waals surface area contributed by atoms with Gasteiger partial charge >= 0.3 is 0 Å². The third kappa shape index (κ3) is 2.77. The highest BCUT2D eigenvalue weighted by atomic mass is 35.5. The van der Waals surface area contributed by atoms with Crippen molar-refractivity contribution in [3.05, 3.63) is 58.1 Å². The van der Waals surface area contributed by atoms with E-state index in [9.17, 15) is 5.11 Å². The number of phenols is 1. The average molecular weight is 262 g/mol. The molecular formula is C15H16ClNO. The van der Waals surface area contributed by atoms with E-state index in [2.05, 4.69) is 0 Å². The molecule has 0 atom stereocenters. The topological polar surface area (TPSA) is 46.2 Å². The molecule has 2 aromatic carbocycles. The third-order valence-electron chi connectivity index (χ3n) is 3.16. The van der Waals surface area contributed by atoms with Crippen LogP contribution < -0.4 is 5.73 Å². The molecule has 0 aliphatic carbocycles. The van der Waals surface area contributed by atoms with Crippen LogP contribution in [0.4, 0.5) is 5.69 Å². The Hall–Kier alpha value is -1.67. The summed E-state index contributed by atoms with van der Waals surface area (Å²) >= 11 is 6.12.